The van der Waals surface area contributed by atoms with Crippen LogP contribution in [0.25, 0.3) is 0 Å². The second-order valence-corrected chi connectivity index (χ2v) is 5.97. The molecule has 1 aliphatic heterocycles. The summed E-state index contributed by atoms with van der Waals surface area (Å²) in [4.78, 5) is 24.0. The molecule has 142 valence electrons. The van der Waals surface area contributed by atoms with E-state index in [1.807, 2.05) is 6.07 Å². The standard InChI is InChI=1S/C19H19NO7/c1-11(12-2-5-16-17(8-12)26-7-6-25-16)20-18(23)10-27-19(24)14-4-3-13(21)9-15(14)22/h2-5,8-9,11,21-22H,6-7,10H2,1H3,(H,20,23). The molecule has 0 aromatic heterocycles. The van der Waals surface area contributed by atoms with Crippen LogP contribution in [0, 0.1) is 0 Å². The van der Waals surface area contributed by atoms with Gasteiger partial charge in [-0.25, -0.2) is 4.79 Å². The van der Waals surface area contributed by atoms with Gasteiger partial charge in [0, 0.05) is 6.07 Å². The highest BCUT2D eigenvalue weighted by Crippen LogP contribution is 2.32. The van der Waals surface area contributed by atoms with Crippen molar-refractivity contribution < 1.29 is 34.0 Å². The number of rotatable bonds is 5. The van der Waals surface area contributed by atoms with Crippen LogP contribution < -0.4 is 14.8 Å². The van der Waals surface area contributed by atoms with E-state index in [4.69, 9.17) is 14.2 Å². The van der Waals surface area contributed by atoms with Gasteiger partial charge in [-0.2, -0.15) is 0 Å². The summed E-state index contributed by atoms with van der Waals surface area (Å²) in [5.41, 5.74) is 0.676. The lowest BCUT2D eigenvalue weighted by atomic mass is 10.1. The second-order valence-electron chi connectivity index (χ2n) is 5.97. The van der Waals surface area contributed by atoms with Crippen molar-refractivity contribution in [2.75, 3.05) is 19.8 Å². The monoisotopic (exact) mass is 373 g/mol. The first-order chi connectivity index (χ1) is 12.9. The molecule has 1 unspecified atom stereocenters. The first-order valence-corrected chi connectivity index (χ1v) is 8.32. The maximum absolute atomic E-state index is 12.0. The van der Waals surface area contributed by atoms with Crippen molar-refractivity contribution in [3.63, 3.8) is 0 Å². The Labute approximate surface area is 155 Å². The Bertz CT molecular complexity index is 865. The van der Waals surface area contributed by atoms with E-state index < -0.39 is 24.2 Å². The van der Waals surface area contributed by atoms with Crippen molar-refractivity contribution in [2.45, 2.75) is 13.0 Å². The van der Waals surface area contributed by atoms with Gasteiger partial charge in [0.2, 0.25) is 0 Å². The summed E-state index contributed by atoms with van der Waals surface area (Å²) in [6, 6.07) is 8.51. The molecule has 27 heavy (non-hydrogen) atoms. The Kier molecular flexibility index (Phi) is 5.35. The van der Waals surface area contributed by atoms with Gasteiger partial charge in [0.05, 0.1) is 6.04 Å². The number of hydrogen-bond donors (Lipinski definition) is 3. The van der Waals surface area contributed by atoms with E-state index in [0.717, 1.165) is 11.6 Å². The lowest BCUT2D eigenvalue weighted by molar-refractivity contribution is -0.124. The fourth-order valence-corrected chi connectivity index (χ4v) is 2.60. The molecule has 1 atom stereocenters. The largest absolute Gasteiger partial charge is 0.508 e. The van der Waals surface area contributed by atoms with Gasteiger partial charge in [-0.1, -0.05) is 6.07 Å². The zero-order valence-electron chi connectivity index (χ0n) is 14.6. The summed E-state index contributed by atoms with van der Waals surface area (Å²) >= 11 is 0. The van der Waals surface area contributed by atoms with Crippen LogP contribution in [-0.2, 0) is 9.53 Å². The molecule has 8 heteroatoms. The van der Waals surface area contributed by atoms with Crippen molar-refractivity contribution >= 4 is 11.9 Å². The first-order valence-electron chi connectivity index (χ1n) is 8.32. The highest BCUT2D eigenvalue weighted by atomic mass is 16.6. The van der Waals surface area contributed by atoms with Crippen LogP contribution in [0.2, 0.25) is 0 Å². The molecule has 2 aromatic carbocycles. The summed E-state index contributed by atoms with van der Waals surface area (Å²) in [6.07, 6.45) is 0. The third-order valence-electron chi connectivity index (χ3n) is 3.98. The summed E-state index contributed by atoms with van der Waals surface area (Å²) in [7, 11) is 0. The third-order valence-corrected chi connectivity index (χ3v) is 3.98. The van der Waals surface area contributed by atoms with E-state index in [0.29, 0.717) is 24.7 Å². The molecule has 0 saturated carbocycles. The van der Waals surface area contributed by atoms with Crippen LogP contribution in [0.1, 0.15) is 28.9 Å². The number of carbonyl (C=O) groups is 2. The Balaban J connectivity index is 1.55. The lowest BCUT2D eigenvalue weighted by Gasteiger charge is -2.21. The molecule has 0 aliphatic carbocycles. The number of hydrogen-bond acceptors (Lipinski definition) is 7. The van der Waals surface area contributed by atoms with Crippen molar-refractivity contribution in [1.82, 2.24) is 5.32 Å². The summed E-state index contributed by atoms with van der Waals surface area (Å²) < 4.78 is 15.9. The van der Waals surface area contributed by atoms with Crippen molar-refractivity contribution in [1.29, 1.82) is 0 Å². The van der Waals surface area contributed by atoms with E-state index in [1.54, 1.807) is 19.1 Å². The van der Waals surface area contributed by atoms with Crippen LogP contribution in [0.15, 0.2) is 36.4 Å². The third kappa shape index (κ3) is 4.41. The fourth-order valence-electron chi connectivity index (χ4n) is 2.60. The normalized spacial score (nSPS) is 13.5. The van der Waals surface area contributed by atoms with Gasteiger partial charge in [0.25, 0.3) is 5.91 Å². The fraction of sp³-hybridized carbons (Fsp3) is 0.263. The van der Waals surface area contributed by atoms with Gasteiger partial charge in [-0.05, 0) is 36.8 Å². The minimum atomic E-state index is -0.866. The van der Waals surface area contributed by atoms with Crippen molar-refractivity contribution in [2.24, 2.45) is 0 Å². The van der Waals surface area contributed by atoms with E-state index in [9.17, 15) is 19.8 Å². The average molecular weight is 373 g/mol. The minimum absolute atomic E-state index is 0.138. The van der Waals surface area contributed by atoms with E-state index in [1.165, 1.54) is 12.1 Å². The quantitative estimate of drug-likeness (QED) is 0.686. The molecule has 2 aromatic rings. The smallest absolute Gasteiger partial charge is 0.342 e. The SMILES string of the molecule is CC(NC(=O)COC(=O)c1ccc(O)cc1O)c1ccc2c(c1)OCCO2. The summed E-state index contributed by atoms with van der Waals surface area (Å²) in [6.45, 7) is 2.25. The molecule has 0 bridgehead atoms. The van der Waals surface area contributed by atoms with Gasteiger partial charge >= 0.3 is 5.97 Å². The maximum Gasteiger partial charge on any atom is 0.342 e. The number of esters is 1. The number of phenolic OH excluding ortho intramolecular Hbond substituents is 2. The highest BCUT2D eigenvalue weighted by molar-refractivity contribution is 5.94. The number of ether oxygens (including phenoxy) is 3. The van der Waals surface area contributed by atoms with E-state index >= 15 is 0 Å². The lowest BCUT2D eigenvalue weighted by Crippen LogP contribution is -2.31. The predicted molar refractivity (Wildman–Crippen MR) is 94.0 cm³/mol. The van der Waals surface area contributed by atoms with Crippen molar-refractivity contribution in [3.8, 4) is 23.0 Å². The number of carbonyl (C=O) groups excluding carboxylic acids is 2. The summed E-state index contributed by atoms with van der Waals surface area (Å²) in [5, 5.41) is 21.6. The average Bonchev–Trinajstić information content (AvgIpc) is 2.65. The van der Waals surface area contributed by atoms with Crippen LogP contribution >= 0.6 is 0 Å². The van der Waals surface area contributed by atoms with Crippen LogP contribution in [0.4, 0.5) is 0 Å². The number of fused-ring (bicyclic) bond motifs is 1. The molecule has 3 rings (SSSR count). The summed E-state index contributed by atoms with van der Waals surface area (Å²) in [5.74, 6) is -0.695. The first kappa shape index (κ1) is 18.4. The molecular formula is C19H19NO7. The number of benzene rings is 2. The molecule has 0 radical (unpaired) electrons. The van der Waals surface area contributed by atoms with E-state index in [2.05, 4.69) is 5.32 Å². The number of aromatic hydroxyl groups is 2. The van der Waals surface area contributed by atoms with Crippen molar-refractivity contribution in [3.05, 3.63) is 47.5 Å². The molecule has 3 N–H and O–H groups in total. The van der Waals surface area contributed by atoms with Crippen LogP contribution in [0.5, 0.6) is 23.0 Å². The topological polar surface area (TPSA) is 114 Å². The minimum Gasteiger partial charge on any atom is -0.508 e. The molecule has 0 saturated heterocycles. The number of nitrogens with one attached hydrogen (secondary N) is 1. The maximum atomic E-state index is 12.0. The molecule has 1 amide bonds. The van der Waals surface area contributed by atoms with Gasteiger partial charge in [0.1, 0.15) is 30.3 Å². The van der Waals surface area contributed by atoms with E-state index in [-0.39, 0.29) is 17.4 Å². The van der Waals surface area contributed by atoms with Gasteiger partial charge in [-0.15, -0.1) is 0 Å². The Hall–Kier alpha value is -3.42. The van der Waals surface area contributed by atoms with Gasteiger partial charge < -0.3 is 29.7 Å². The zero-order chi connectivity index (χ0) is 19.4. The molecule has 1 aliphatic rings. The highest BCUT2D eigenvalue weighted by Gasteiger charge is 2.18. The Morgan fingerprint density at radius 2 is 1.85 bits per heavy atom. The Morgan fingerprint density at radius 3 is 2.59 bits per heavy atom. The molecular weight excluding hydrogens is 354 g/mol. The molecule has 8 nitrogen and oxygen atoms in total. The molecule has 0 spiro atoms. The zero-order valence-corrected chi connectivity index (χ0v) is 14.6. The van der Waals surface area contributed by atoms with Gasteiger partial charge in [0.15, 0.2) is 18.1 Å². The Morgan fingerprint density at radius 1 is 1.11 bits per heavy atom. The molecule has 0 fully saturated rings. The van der Waals surface area contributed by atoms with Gasteiger partial charge in [-0.3, -0.25) is 4.79 Å². The molecule has 1 heterocycles. The second kappa shape index (κ2) is 7.86. The van der Waals surface area contributed by atoms with Crippen LogP contribution in [0.3, 0.4) is 0 Å². The van der Waals surface area contributed by atoms with Crippen LogP contribution in [-0.4, -0.2) is 41.9 Å². The predicted octanol–water partition coefficient (Wildman–Crippen LogP) is 1.90. The number of amides is 1. The number of phenols is 2.